The number of benzene rings is 1. The summed E-state index contributed by atoms with van der Waals surface area (Å²) in [5, 5.41) is 9.58. The Morgan fingerprint density at radius 2 is 1.95 bits per heavy atom. The van der Waals surface area contributed by atoms with Crippen molar-refractivity contribution in [3.63, 3.8) is 0 Å². The maximum absolute atomic E-state index is 13.2. The number of carbonyl (C=O) groups is 1. The summed E-state index contributed by atoms with van der Waals surface area (Å²) in [4.78, 5) is 38.7. The van der Waals surface area contributed by atoms with E-state index in [-0.39, 0.29) is 11.1 Å². The fraction of sp³-hybridized carbons (Fsp3) is 0.259. The average Bonchev–Trinajstić information content (AvgIpc) is 3.30. The molecule has 1 N–H and O–H groups in total. The zero-order valence-electron chi connectivity index (χ0n) is 21.0. The highest BCUT2D eigenvalue weighted by molar-refractivity contribution is 5.95. The number of nitrogens with one attached hydrogen (secondary N) is 1. The fourth-order valence-corrected chi connectivity index (χ4v) is 3.95. The summed E-state index contributed by atoms with van der Waals surface area (Å²) in [7, 11) is 0. The molecule has 10 heteroatoms. The molecule has 188 valence electrons. The van der Waals surface area contributed by atoms with Crippen molar-refractivity contribution in [1.82, 2.24) is 24.7 Å². The van der Waals surface area contributed by atoms with Gasteiger partial charge in [0.1, 0.15) is 11.4 Å². The normalized spacial score (nSPS) is 11.7. The van der Waals surface area contributed by atoms with Crippen LogP contribution in [0.4, 0.5) is 5.82 Å². The van der Waals surface area contributed by atoms with Crippen LogP contribution in [0.5, 0.6) is 0 Å². The highest BCUT2D eigenvalue weighted by Crippen LogP contribution is 2.26. The number of carbonyl (C=O) groups excluding carboxylic acids is 1. The maximum Gasteiger partial charge on any atom is 0.340 e. The molecule has 1 aromatic carbocycles. The minimum atomic E-state index is -0.643. The Morgan fingerprint density at radius 1 is 1.11 bits per heavy atom. The summed E-state index contributed by atoms with van der Waals surface area (Å²) < 4.78 is 12.1. The van der Waals surface area contributed by atoms with Gasteiger partial charge in [0.15, 0.2) is 0 Å². The van der Waals surface area contributed by atoms with Crippen molar-refractivity contribution in [2.75, 3.05) is 11.9 Å². The Bertz CT molecular complexity index is 1680. The number of fused-ring (bicyclic) bond motifs is 2. The van der Waals surface area contributed by atoms with E-state index in [9.17, 15) is 9.59 Å². The van der Waals surface area contributed by atoms with Gasteiger partial charge >= 0.3 is 5.97 Å². The van der Waals surface area contributed by atoms with E-state index >= 15 is 0 Å². The van der Waals surface area contributed by atoms with E-state index in [0.717, 1.165) is 16.3 Å². The van der Waals surface area contributed by atoms with Crippen molar-refractivity contribution in [2.45, 2.75) is 39.8 Å². The van der Waals surface area contributed by atoms with Gasteiger partial charge in [-0.3, -0.25) is 9.78 Å². The van der Waals surface area contributed by atoms with Crippen molar-refractivity contribution in [2.24, 2.45) is 0 Å². The summed E-state index contributed by atoms with van der Waals surface area (Å²) in [5.74, 6) is 1.17. The lowest BCUT2D eigenvalue weighted by molar-refractivity contribution is 0.00692. The number of hydrogen-bond acceptors (Lipinski definition) is 9. The lowest BCUT2D eigenvalue weighted by atomic mass is 10.1. The second-order valence-electron chi connectivity index (χ2n) is 9.63. The minimum Gasteiger partial charge on any atom is -0.456 e. The van der Waals surface area contributed by atoms with E-state index in [1.54, 1.807) is 50.7 Å². The van der Waals surface area contributed by atoms with Crippen LogP contribution < -0.4 is 10.9 Å². The van der Waals surface area contributed by atoms with Crippen molar-refractivity contribution in [3.8, 4) is 11.4 Å². The minimum absolute atomic E-state index is 0.238. The Morgan fingerprint density at radius 3 is 2.70 bits per heavy atom. The first-order valence-corrected chi connectivity index (χ1v) is 11.8. The van der Waals surface area contributed by atoms with Crippen LogP contribution in [0.15, 0.2) is 64.3 Å². The predicted octanol–water partition coefficient (Wildman–Crippen LogP) is 4.37. The van der Waals surface area contributed by atoms with E-state index in [2.05, 4.69) is 25.4 Å². The number of anilines is 1. The molecule has 0 spiro atoms. The molecule has 0 radical (unpaired) electrons. The molecule has 5 aromatic rings. The van der Waals surface area contributed by atoms with Crippen LogP contribution in [0.1, 0.15) is 37.0 Å². The summed E-state index contributed by atoms with van der Waals surface area (Å²) in [6, 6.07) is 11.1. The number of nitrogens with zero attached hydrogens (tertiary/aromatic N) is 5. The second-order valence-corrected chi connectivity index (χ2v) is 9.63. The predicted molar refractivity (Wildman–Crippen MR) is 139 cm³/mol. The van der Waals surface area contributed by atoms with E-state index in [0.29, 0.717) is 41.5 Å². The molecule has 10 nitrogen and oxygen atoms in total. The molecular formula is C27H26N6O4. The fourth-order valence-electron chi connectivity index (χ4n) is 3.95. The molecule has 0 aliphatic heterocycles. The van der Waals surface area contributed by atoms with Crippen molar-refractivity contribution in [1.29, 1.82) is 0 Å². The quantitative estimate of drug-likeness (QED) is 0.340. The molecule has 0 unspecified atom stereocenters. The molecule has 4 aromatic heterocycles. The van der Waals surface area contributed by atoms with Gasteiger partial charge in [0.05, 0.1) is 16.5 Å². The molecule has 0 saturated carbocycles. The number of pyridine rings is 3. The van der Waals surface area contributed by atoms with Crippen LogP contribution in [0.3, 0.4) is 0 Å². The number of rotatable bonds is 6. The van der Waals surface area contributed by atoms with E-state index in [1.807, 2.05) is 24.3 Å². The van der Waals surface area contributed by atoms with Crippen LogP contribution in [0.25, 0.3) is 33.1 Å². The van der Waals surface area contributed by atoms with Crippen LogP contribution >= 0.6 is 0 Å². The van der Waals surface area contributed by atoms with Crippen LogP contribution in [-0.4, -0.2) is 42.8 Å². The molecule has 0 amide bonds. The first-order chi connectivity index (χ1) is 17.7. The number of ether oxygens (including phenoxy) is 1. The highest BCUT2D eigenvalue weighted by atomic mass is 16.6. The van der Waals surface area contributed by atoms with Gasteiger partial charge in [-0.2, -0.15) is 4.98 Å². The Hall–Kier alpha value is -4.60. The zero-order chi connectivity index (χ0) is 26.2. The van der Waals surface area contributed by atoms with Crippen molar-refractivity contribution < 1.29 is 14.1 Å². The molecule has 0 saturated heterocycles. The van der Waals surface area contributed by atoms with Crippen molar-refractivity contribution in [3.05, 3.63) is 76.8 Å². The first kappa shape index (κ1) is 24.1. The van der Waals surface area contributed by atoms with Crippen LogP contribution in [0.2, 0.25) is 0 Å². The van der Waals surface area contributed by atoms with Crippen LogP contribution in [-0.2, 0) is 11.3 Å². The van der Waals surface area contributed by atoms with Gasteiger partial charge in [-0.25, -0.2) is 9.78 Å². The van der Waals surface area contributed by atoms with Gasteiger partial charge in [0.2, 0.25) is 11.7 Å². The lowest BCUT2D eigenvalue weighted by Gasteiger charge is -2.19. The number of esters is 1. The Labute approximate surface area is 212 Å². The van der Waals surface area contributed by atoms with Gasteiger partial charge < -0.3 is 19.1 Å². The standard InChI is InChI=1S/C27H26N6O4/c1-16-31-23(32-37-16)18-6-5-17-7-9-28-24(20(17)13-18)29-10-12-33-11-8-22-21(25(33)34)14-19(15-30-22)26(35)36-27(2,3)4/h5-9,11,13-15H,10,12H2,1-4H3,(H,28,29). The smallest absolute Gasteiger partial charge is 0.340 e. The van der Waals surface area contributed by atoms with E-state index < -0.39 is 11.6 Å². The molecule has 0 atom stereocenters. The Balaban J connectivity index is 1.36. The summed E-state index contributed by atoms with van der Waals surface area (Å²) in [6.45, 7) is 7.94. The number of aryl methyl sites for hydroxylation is 1. The topological polar surface area (TPSA) is 125 Å². The van der Waals surface area contributed by atoms with Gasteiger partial charge in [-0.15, -0.1) is 0 Å². The second kappa shape index (κ2) is 9.45. The van der Waals surface area contributed by atoms with Gasteiger partial charge in [-0.05, 0) is 50.4 Å². The summed E-state index contributed by atoms with van der Waals surface area (Å²) in [5.41, 5.74) is 0.692. The van der Waals surface area contributed by atoms with Crippen molar-refractivity contribution >= 4 is 33.5 Å². The van der Waals surface area contributed by atoms with Gasteiger partial charge in [0, 0.05) is 49.6 Å². The maximum atomic E-state index is 13.2. The van der Waals surface area contributed by atoms with Gasteiger partial charge in [0.25, 0.3) is 5.56 Å². The third-order valence-corrected chi connectivity index (χ3v) is 5.65. The van der Waals surface area contributed by atoms with E-state index in [1.165, 1.54) is 12.3 Å². The molecule has 0 aliphatic carbocycles. The molecule has 0 aliphatic rings. The number of hydrogen-bond donors (Lipinski definition) is 1. The van der Waals surface area contributed by atoms with Crippen LogP contribution in [0, 0.1) is 6.92 Å². The molecule has 0 bridgehead atoms. The third-order valence-electron chi connectivity index (χ3n) is 5.65. The Kier molecular flexibility index (Phi) is 6.16. The number of aromatic nitrogens is 5. The third kappa shape index (κ3) is 5.18. The molecule has 37 heavy (non-hydrogen) atoms. The first-order valence-electron chi connectivity index (χ1n) is 11.8. The van der Waals surface area contributed by atoms with E-state index in [4.69, 9.17) is 9.26 Å². The summed E-state index contributed by atoms with van der Waals surface area (Å²) in [6.07, 6.45) is 4.85. The monoisotopic (exact) mass is 498 g/mol. The molecular weight excluding hydrogens is 472 g/mol. The lowest BCUT2D eigenvalue weighted by Crippen LogP contribution is -2.25. The molecule has 4 heterocycles. The largest absolute Gasteiger partial charge is 0.456 e. The molecule has 5 rings (SSSR count). The van der Waals surface area contributed by atoms with Gasteiger partial charge in [-0.1, -0.05) is 17.3 Å². The average molecular weight is 499 g/mol. The summed E-state index contributed by atoms with van der Waals surface area (Å²) >= 11 is 0. The SMILES string of the molecule is Cc1nc(-c2ccc3ccnc(NCCn4ccc5ncc(C(=O)OC(C)(C)C)cc5c4=O)c3c2)no1. The highest BCUT2D eigenvalue weighted by Gasteiger charge is 2.19. The molecule has 0 fully saturated rings. The zero-order valence-corrected chi connectivity index (χ0v) is 21.0.